The van der Waals surface area contributed by atoms with Crippen molar-refractivity contribution in [3.63, 3.8) is 0 Å². The smallest absolute Gasteiger partial charge is 0.265 e. The van der Waals surface area contributed by atoms with E-state index in [1.165, 1.54) is 32.7 Å². The number of aromatic nitrogens is 1. The maximum Gasteiger partial charge on any atom is 0.265 e. The van der Waals surface area contributed by atoms with Crippen molar-refractivity contribution in [2.24, 2.45) is 0 Å². The maximum atomic E-state index is 12.7. The number of aryl methyl sites for hydroxylation is 2. The number of hydrogen-bond donors (Lipinski definition) is 1. The number of thiophene rings is 1. The lowest BCUT2D eigenvalue weighted by Crippen LogP contribution is -2.10. The van der Waals surface area contributed by atoms with Gasteiger partial charge in [0.1, 0.15) is 5.76 Å². The van der Waals surface area contributed by atoms with Crippen LogP contribution in [0.25, 0.3) is 10.4 Å². The molecule has 3 aromatic rings. The predicted octanol–water partition coefficient (Wildman–Crippen LogP) is 4.30. The van der Waals surface area contributed by atoms with E-state index in [0.29, 0.717) is 27.8 Å². The number of amides is 1. The summed E-state index contributed by atoms with van der Waals surface area (Å²) >= 11 is 1.37. The maximum absolute atomic E-state index is 12.7. The summed E-state index contributed by atoms with van der Waals surface area (Å²) in [4.78, 5) is 14.2. The second-order valence-electron chi connectivity index (χ2n) is 5.73. The summed E-state index contributed by atoms with van der Waals surface area (Å²) in [6.07, 6.45) is 0. The highest BCUT2D eigenvalue weighted by molar-refractivity contribution is 7.17. The number of carbonyl (C=O) groups is 1. The van der Waals surface area contributed by atoms with E-state index in [4.69, 9.17) is 18.7 Å². The Labute approximate surface area is 160 Å². The minimum atomic E-state index is -0.229. The molecule has 0 spiro atoms. The summed E-state index contributed by atoms with van der Waals surface area (Å²) in [7, 11) is 4.58. The van der Waals surface area contributed by atoms with Crippen molar-refractivity contribution in [3.05, 3.63) is 40.6 Å². The first kappa shape index (κ1) is 18.8. The summed E-state index contributed by atoms with van der Waals surface area (Å²) < 4.78 is 21.1. The molecule has 2 heterocycles. The largest absolute Gasteiger partial charge is 0.493 e. The molecule has 7 nitrogen and oxygen atoms in total. The number of rotatable bonds is 6. The van der Waals surface area contributed by atoms with Crippen LogP contribution in [0.1, 0.15) is 21.1 Å². The van der Waals surface area contributed by atoms with Crippen LogP contribution in [0.15, 0.2) is 28.8 Å². The molecule has 1 N–H and O–H groups in total. The van der Waals surface area contributed by atoms with Gasteiger partial charge in [0.2, 0.25) is 5.75 Å². The molecule has 2 aromatic heterocycles. The third-order valence-electron chi connectivity index (χ3n) is 4.03. The fourth-order valence-electron chi connectivity index (χ4n) is 2.77. The van der Waals surface area contributed by atoms with Gasteiger partial charge in [0.15, 0.2) is 11.5 Å². The molecule has 0 aliphatic heterocycles. The van der Waals surface area contributed by atoms with Crippen molar-refractivity contribution < 1.29 is 23.5 Å². The Morgan fingerprint density at radius 3 is 2.26 bits per heavy atom. The first-order valence-electron chi connectivity index (χ1n) is 8.13. The molecule has 27 heavy (non-hydrogen) atoms. The van der Waals surface area contributed by atoms with Gasteiger partial charge in [-0.1, -0.05) is 5.16 Å². The third-order valence-corrected chi connectivity index (χ3v) is 5.13. The van der Waals surface area contributed by atoms with Crippen LogP contribution in [0.4, 0.5) is 5.69 Å². The van der Waals surface area contributed by atoms with E-state index < -0.39 is 0 Å². The molecule has 0 saturated heterocycles. The first-order valence-corrected chi connectivity index (χ1v) is 8.94. The molecule has 0 saturated carbocycles. The van der Waals surface area contributed by atoms with Gasteiger partial charge in [0.05, 0.1) is 37.5 Å². The second kappa shape index (κ2) is 7.71. The Bertz CT molecular complexity index is 932. The lowest BCUT2D eigenvalue weighted by molar-refractivity contribution is 0.103. The van der Waals surface area contributed by atoms with Gasteiger partial charge in [-0.05, 0) is 26.0 Å². The number of nitrogens with one attached hydrogen (secondary N) is 1. The van der Waals surface area contributed by atoms with Crippen molar-refractivity contribution in [1.29, 1.82) is 0 Å². The van der Waals surface area contributed by atoms with Crippen molar-refractivity contribution >= 4 is 22.9 Å². The van der Waals surface area contributed by atoms with E-state index in [9.17, 15) is 4.79 Å². The number of methoxy groups -OCH3 is 3. The molecular formula is C19H20N2O5S. The number of carbonyl (C=O) groups excluding carboxylic acids is 1. The molecule has 0 atom stereocenters. The Balaban J connectivity index is 1.86. The number of anilines is 1. The van der Waals surface area contributed by atoms with Crippen LogP contribution in [-0.4, -0.2) is 32.4 Å². The van der Waals surface area contributed by atoms with Crippen molar-refractivity contribution in [3.8, 4) is 27.7 Å². The minimum absolute atomic E-state index is 0.229. The van der Waals surface area contributed by atoms with Gasteiger partial charge in [-0.3, -0.25) is 4.79 Å². The van der Waals surface area contributed by atoms with Crippen LogP contribution in [0.2, 0.25) is 0 Å². The highest BCUT2D eigenvalue weighted by atomic mass is 32.1. The summed E-state index contributed by atoms with van der Waals surface area (Å²) in [6, 6.07) is 7.03. The standard InChI is InChI=1S/C19H20N2O5S/c1-10-17(11(2)26-21-10)15-6-7-16(27-15)19(22)20-12-8-13(23-3)18(25-5)14(9-12)24-4/h6-9H,1-5H3,(H,20,22). The quantitative estimate of drug-likeness (QED) is 0.678. The fourth-order valence-corrected chi connectivity index (χ4v) is 3.82. The van der Waals surface area contributed by atoms with E-state index in [2.05, 4.69) is 10.5 Å². The molecule has 0 aliphatic carbocycles. The molecule has 0 radical (unpaired) electrons. The summed E-state index contributed by atoms with van der Waals surface area (Å²) in [5.74, 6) is 1.90. The van der Waals surface area contributed by atoms with Crippen LogP contribution < -0.4 is 19.5 Å². The third kappa shape index (κ3) is 3.61. The molecule has 1 aromatic carbocycles. The van der Waals surface area contributed by atoms with Gasteiger partial charge in [-0.15, -0.1) is 11.3 Å². The van der Waals surface area contributed by atoms with Gasteiger partial charge in [0.25, 0.3) is 5.91 Å². The first-order chi connectivity index (χ1) is 13.0. The second-order valence-corrected chi connectivity index (χ2v) is 6.81. The van der Waals surface area contributed by atoms with E-state index in [1.54, 1.807) is 18.2 Å². The van der Waals surface area contributed by atoms with Crippen molar-refractivity contribution in [2.45, 2.75) is 13.8 Å². The topological polar surface area (TPSA) is 82.8 Å². The molecule has 0 fully saturated rings. The van der Waals surface area contributed by atoms with Crippen LogP contribution >= 0.6 is 11.3 Å². The zero-order valence-corrected chi connectivity index (χ0v) is 16.5. The van der Waals surface area contributed by atoms with Crippen LogP contribution in [0, 0.1) is 13.8 Å². The molecule has 8 heteroatoms. The van der Waals surface area contributed by atoms with E-state index in [0.717, 1.165) is 21.9 Å². The van der Waals surface area contributed by atoms with Crippen molar-refractivity contribution in [2.75, 3.05) is 26.6 Å². The minimum Gasteiger partial charge on any atom is -0.493 e. The molecular weight excluding hydrogens is 368 g/mol. The zero-order chi connectivity index (χ0) is 19.6. The van der Waals surface area contributed by atoms with E-state index in [1.807, 2.05) is 19.9 Å². The SMILES string of the molecule is COc1cc(NC(=O)c2ccc(-c3c(C)noc3C)s2)cc(OC)c1OC. The fraction of sp³-hybridized carbons (Fsp3) is 0.263. The van der Waals surface area contributed by atoms with Crippen LogP contribution in [0.3, 0.4) is 0 Å². The number of benzene rings is 1. The number of nitrogens with zero attached hydrogens (tertiary/aromatic N) is 1. The molecule has 142 valence electrons. The van der Waals surface area contributed by atoms with Gasteiger partial charge in [-0.2, -0.15) is 0 Å². The Morgan fingerprint density at radius 1 is 1.07 bits per heavy atom. The normalized spacial score (nSPS) is 10.6. The highest BCUT2D eigenvalue weighted by Crippen LogP contribution is 2.40. The highest BCUT2D eigenvalue weighted by Gasteiger charge is 2.18. The van der Waals surface area contributed by atoms with Gasteiger partial charge < -0.3 is 24.1 Å². The van der Waals surface area contributed by atoms with E-state index in [-0.39, 0.29) is 5.91 Å². The van der Waals surface area contributed by atoms with Gasteiger partial charge in [0, 0.05) is 22.7 Å². The summed E-state index contributed by atoms with van der Waals surface area (Å²) in [5, 5.41) is 6.82. The molecule has 1 amide bonds. The van der Waals surface area contributed by atoms with Crippen LogP contribution in [0.5, 0.6) is 17.2 Å². The number of ether oxygens (including phenoxy) is 3. The Morgan fingerprint density at radius 2 is 1.74 bits per heavy atom. The molecule has 0 aliphatic rings. The average Bonchev–Trinajstić information content (AvgIpc) is 3.27. The summed E-state index contributed by atoms with van der Waals surface area (Å²) in [6.45, 7) is 3.73. The Kier molecular flexibility index (Phi) is 5.36. The monoisotopic (exact) mass is 388 g/mol. The molecule has 3 rings (SSSR count). The lowest BCUT2D eigenvalue weighted by atomic mass is 10.2. The van der Waals surface area contributed by atoms with Gasteiger partial charge >= 0.3 is 0 Å². The van der Waals surface area contributed by atoms with Gasteiger partial charge in [-0.25, -0.2) is 0 Å². The number of hydrogen-bond acceptors (Lipinski definition) is 7. The predicted molar refractivity (Wildman–Crippen MR) is 103 cm³/mol. The lowest BCUT2D eigenvalue weighted by Gasteiger charge is -2.14. The van der Waals surface area contributed by atoms with Crippen molar-refractivity contribution in [1.82, 2.24) is 5.16 Å². The Hall–Kier alpha value is -3.00. The molecule has 0 unspecified atom stereocenters. The molecule has 0 bridgehead atoms. The van der Waals surface area contributed by atoms with E-state index >= 15 is 0 Å². The summed E-state index contributed by atoms with van der Waals surface area (Å²) in [5.41, 5.74) is 2.26. The van der Waals surface area contributed by atoms with Crippen LogP contribution in [-0.2, 0) is 0 Å². The zero-order valence-electron chi connectivity index (χ0n) is 15.7. The average molecular weight is 388 g/mol.